The van der Waals surface area contributed by atoms with Crippen molar-refractivity contribution in [2.24, 2.45) is 0 Å². The lowest BCUT2D eigenvalue weighted by Gasteiger charge is -2.43. The molecule has 7 heteroatoms. The maximum Gasteiger partial charge on any atom is 0.311 e. The molecule has 1 aromatic rings. The topological polar surface area (TPSA) is 62.1 Å². The Balaban J connectivity index is 0.00000225. The van der Waals surface area contributed by atoms with Crippen molar-refractivity contribution >= 4 is 11.4 Å². The zero-order valence-electron chi connectivity index (χ0n) is 16.4. The van der Waals surface area contributed by atoms with E-state index in [0.29, 0.717) is 17.7 Å². The van der Waals surface area contributed by atoms with Gasteiger partial charge in [0.2, 0.25) is 0 Å². The van der Waals surface area contributed by atoms with Crippen LogP contribution in [0.2, 0.25) is 0 Å². The molecular weight excluding hydrogens is 356 g/mol. The number of hydrogen-bond donors (Lipinski definition) is 0. The van der Waals surface area contributed by atoms with E-state index in [0.717, 1.165) is 63.1 Å². The largest absolute Gasteiger partial charge is 0.490 e. The lowest BCUT2D eigenvalue weighted by Crippen LogP contribution is -2.52. The van der Waals surface area contributed by atoms with Crippen molar-refractivity contribution in [3.63, 3.8) is 0 Å². The second-order valence-corrected chi connectivity index (χ2v) is 8.17. The Morgan fingerprint density at radius 1 is 1.04 bits per heavy atom. The number of nitro groups is 1. The first-order valence-electron chi connectivity index (χ1n) is 10.1. The van der Waals surface area contributed by atoms with Crippen molar-refractivity contribution in [1.82, 2.24) is 9.80 Å². The van der Waals surface area contributed by atoms with Crippen LogP contribution < -0.4 is 9.64 Å². The zero-order valence-corrected chi connectivity index (χ0v) is 16.4. The Bertz CT molecular complexity index is 691. The Morgan fingerprint density at radius 2 is 1.68 bits per heavy atom. The van der Waals surface area contributed by atoms with Crippen LogP contribution in [0.1, 0.15) is 44.6 Å². The first kappa shape index (κ1) is 20.9. The van der Waals surface area contributed by atoms with Gasteiger partial charge in [-0.2, -0.15) is 0 Å². The summed E-state index contributed by atoms with van der Waals surface area (Å²) >= 11 is 0. The van der Waals surface area contributed by atoms with E-state index < -0.39 is 0 Å². The van der Waals surface area contributed by atoms with E-state index in [-0.39, 0.29) is 18.0 Å². The molecule has 2 heterocycles. The highest BCUT2D eigenvalue weighted by atomic mass is 16.6. The average molecular weight is 391 g/mol. The minimum Gasteiger partial charge on any atom is -0.490 e. The fourth-order valence-electron chi connectivity index (χ4n) is 4.53. The number of hydrogen-bond acceptors (Lipinski definition) is 6. The van der Waals surface area contributed by atoms with Crippen LogP contribution >= 0.6 is 0 Å². The molecule has 0 N–H and O–H groups in total. The standard InChI is InChI=1S/C20H30N4O3.CH4/c1-21-9-11-22(12-10-21)16-5-7-23(8-6-16)18-14-20(27-2)19(24(25)26)13-17(18)15-3-4-15;/h13-16H,3-12H2,1-2H3;1H4. The molecule has 3 fully saturated rings. The van der Waals surface area contributed by atoms with Gasteiger partial charge in [-0.25, -0.2) is 0 Å². The molecule has 0 spiro atoms. The Hall–Kier alpha value is -1.86. The molecule has 1 aliphatic carbocycles. The highest BCUT2D eigenvalue weighted by Crippen LogP contribution is 2.48. The fraction of sp³-hybridized carbons (Fsp3) is 0.714. The molecule has 1 saturated carbocycles. The number of nitro benzene ring substituents is 1. The molecule has 3 aliphatic rings. The van der Waals surface area contributed by atoms with E-state index >= 15 is 0 Å². The normalized spacial score (nSPS) is 22.0. The van der Waals surface area contributed by atoms with Gasteiger partial charge in [0.1, 0.15) is 0 Å². The summed E-state index contributed by atoms with van der Waals surface area (Å²) < 4.78 is 5.34. The van der Waals surface area contributed by atoms with Gasteiger partial charge in [-0.05, 0) is 44.2 Å². The third-order valence-electron chi connectivity index (χ3n) is 6.40. The molecule has 1 aromatic carbocycles. The predicted octanol–water partition coefficient (Wildman–Crippen LogP) is 3.33. The lowest BCUT2D eigenvalue weighted by atomic mass is 9.99. The highest BCUT2D eigenvalue weighted by Gasteiger charge is 2.33. The van der Waals surface area contributed by atoms with Crippen LogP contribution in [-0.4, -0.2) is 74.2 Å². The minimum absolute atomic E-state index is 0. The maximum atomic E-state index is 11.4. The van der Waals surface area contributed by atoms with Crippen LogP contribution in [0, 0.1) is 10.1 Å². The molecule has 0 bridgehead atoms. The quantitative estimate of drug-likeness (QED) is 0.568. The molecular formula is C21H34N4O3. The Morgan fingerprint density at radius 3 is 2.21 bits per heavy atom. The van der Waals surface area contributed by atoms with Crippen molar-refractivity contribution in [2.45, 2.75) is 45.1 Å². The molecule has 0 unspecified atom stereocenters. The number of anilines is 1. The number of ether oxygens (including phenoxy) is 1. The van der Waals surface area contributed by atoms with E-state index in [1.54, 1.807) is 6.07 Å². The van der Waals surface area contributed by atoms with Gasteiger partial charge < -0.3 is 14.5 Å². The second-order valence-electron chi connectivity index (χ2n) is 8.17. The first-order valence-corrected chi connectivity index (χ1v) is 10.1. The number of piperidine rings is 1. The lowest BCUT2D eigenvalue weighted by molar-refractivity contribution is -0.385. The minimum atomic E-state index is -0.325. The molecule has 28 heavy (non-hydrogen) atoms. The maximum absolute atomic E-state index is 11.4. The van der Waals surface area contributed by atoms with Crippen LogP contribution in [-0.2, 0) is 0 Å². The number of likely N-dealkylation sites (N-methyl/N-ethyl adjacent to an activating group) is 1. The Kier molecular flexibility index (Phi) is 6.45. The van der Waals surface area contributed by atoms with Crippen molar-refractivity contribution in [3.8, 4) is 5.75 Å². The van der Waals surface area contributed by atoms with Gasteiger partial charge in [0.15, 0.2) is 5.75 Å². The summed E-state index contributed by atoms with van der Waals surface area (Å²) in [6, 6.07) is 4.33. The molecule has 0 aromatic heterocycles. The summed E-state index contributed by atoms with van der Waals surface area (Å²) in [5.74, 6) is 0.848. The molecule has 0 amide bonds. The van der Waals surface area contributed by atoms with E-state index in [1.807, 2.05) is 6.07 Å². The van der Waals surface area contributed by atoms with Gasteiger partial charge in [-0.15, -0.1) is 0 Å². The van der Waals surface area contributed by atoms with Crippen molar-refractivity contribution in [1.29, 1.82) is 0 Å². The fourth-order valence-corrected chi connectivity index (χ4v) is 4.53. The van der Waals surface area contributed by atoms with Crippen LogP contribution in [0.25, 0.3) is 0 Å². The van der Waals surface area contributed by atoms with E-state index in [1.165, 1.54) is 20.2 Å². The summed E-state index contributed by atoms with van der Waals surface area (Å²) in [4.78, 5) is 18.6. The molecule has 0 atom stereocenters. The average Bonchev–Trinajstić information content (AvgIpc) is 3.53. The van der Waals surface area contributed by atoms with Crippen molar-refractivity contribution in [2.75, 3.05) is 58.3 Å². The van der Waals surface area contributed by atoms with Gasteiger partial charge >= 0.3 is 5.69 Å². The smallest absolute Gasteiger partial charge is 0.311 e. The summed E-state index contributed by atoms with van der Waals surface area (Å²) in [5, 5.41) is 11.4. The summed E-state index contributed by atoms with van der Waals surface area (Å²) in [6.45, 7) is 6.67. The zero-order chi connectivity index (χ0) is 19.0. The summed E-state index contributed by atoms with van der Waals surface area (Å²) in [6.07, 6.45) is 4.59. The van der Waals surface area contributed by atoms with Gasteiger partial charge in [-0.1, -0.05) is 7.43 Å². The molecule has 156 valence electrons. The number of benzene rings is 1. The van der Waals surface area contributed by atoms with Crippen LogP contribution in [0.15, 0.2) is 12.1 Å². The van der Waals surface area contributed by atoms with Crippen LogP contribution in [0.4, 0.5) is 11.4 Å². The van der Waals surface area contributed by atoms with E-state index in [4.69, 9.17) is 4.74 Å². The van der Waals surface area contributed by atoms with Gasteiger partial charge in [0.05, 0.1) is 12.0 Å². The van der Waals surface area contributed by atoms with Crippen LogP contribution in [0.3, 0.4) is 0 Å². The van der Waals surface area contributed by atoms with E-state index in [9.17, 15) is 10.1 Å². The monoisotopic (exact) mass is 390 g/mol. The van der Waals surface area contributed by atoms with Crippen LogP contribution in [0.5, 0.6) is 5.75 Å². The first-order chi connectivity index (χ1) is 13.1. The summed E-state index contributed by atoms with van der Waals surface area (Å²) in [5.41, 5.74) is 2.38. The molecule has 2 aliphatic heterocycles. The molecule has 4 rings (SSSR count). The summed E-state index contributed by atoms with van der Waals surface area (Å²) in [7, 11) is 3.71. The van der Waals surface area contributed by atoms with Crippen molar-refractivity contribution in [3.05, 3.63) is 27.8 Å². The molecule has 2 saturated heterocycles. The van der Waals surface area contributed by atoms with Gasteiger partial charge in [0.25, 0.3) is 0 Å². The predicted molar refractivity (Wildman–Crippen MR) is 113 cm³/mol. The number of piperazine rings is 1. The van der Waals surface area contributed by atoms with E-state index in [2.05, 4.69) is 21.7 Å². The van der Waals surface area contributed by atoms with Gasteiger partial charge in [-0.3, -0.25) is 15.0 Å². The SMILES string of the molecule is C.COc1cc(N2CCC(N3CCN(C)CC3)CC2)c(C2CC2)cc1[N+](=O)[O-]. The molecule has 7 nitrogen and oxygen atoms in total. The van der Waals surface area contributed by atoms with Crippen molar-refractivity contribution < 1.29 is 9.66 Å². The Labute approximate surface area is 168 Å². The second kappa shape index (κ2) is 8.66. The molecule has 0 radical (unpaired) electrons. The third-order valence-corrected chi connectivity index (χ3v) is 6.40. The number of nitrogens with zero attached hydrogens (tertiary/aromatic N) is 4. The third kappa shape index (κ3) is 4.25. The van der Waals surface area contributed by atoms with Gasteiger partial charge in [0, 0.05) is 63.1 Å². The number of rotatable bonds is 5. The highest BCUT2D eigenvalue weighted by molar-refractivity contribution is 5.66. The number of methoxy groups -OCH3 is 1.